The Balaban J connectivity index is 0.00000392. The van der Waals surface area contributed by atoms with Gasteiger partial charge in [-0.1, -0.05) is 24.2 Å². The van der Waals surface area contributed by atoms with Gasteiger partial charge in [-0.2, -0.15) is 13.2 Å². The highest BCUT2D eigenvalue weighted by Crippen LogP contribution is 2.29. The van der Waals surface area contributed by atoms with E-state index in [1.165, 1.54) is 12.1 Å². The molecule has 0 saturated heterocycles. The summed E-state index contributed by atoms with van der Waals surface area (Å²) in [6.45, 7) is 9.40. The highest BCUT2D eigenvalue weighted by atomic mass is 127. The highest BCUT2D eigenvalue weighted by Gasteiger charge is 2.29. The topological polar surface area (TPSA) is 62.5 Å². The van der Waals surface area contributed by atoms with Crippen molar-refractivity contribution in [2.45, 2.75) is 46.3 Å². The number of nitrogens with zero attached hydrogens (tertiary/aromatic N) is 2. The number of halogens is 4. The molecule has 0 radical (unpaired) electrons. The predicted molar refractivity (Wildman–Crippen MR) is 114 cm³/mol. The van der Waals surface area contributed by atoms with Crippen LogP contribution in [0, 0.1) is 13.8 Å². The Morgan fingerprint density at radius 1 is 1.18 bits per heavy atom. The van der Waals surface area contributed by atoms with E-state index in [-0.39, 0.29) is 36.4 Å². The maximum Gasteiger partial charge on any atom is 0.416 e. The van der Waals surface area contributed by atoms with Crippen molar-refractivity contribution < 1.29 is 17.7 Å². The maximum atomic E-state index is 12.6. The molecule has 1 aromatic carbocycles. The molecule has 0 aliphatic carbocycles. The third kappa shape index (κ3) is 6.68. The summed E-state index contributed by atoms with van der Waals surface area (Å²) in [5.74, 6) is 1.58. The van der Waals surface area contributed by atoms with Crippen molar-refractivity contribution in [3.05, 3.63) is 52.4 Å². The van der Waals surface area contributed by atoms with E-state index >= 15 is 0 Å². The lowest BCUT2D eigenvalue weighted by Gasteiger charge is -2.16. The molecule has 5 nitrogen and oxygen atoms in total. The first-order valence-corrected chi connectivity index (χ1v) is 8.83. The van der Waals surface area contributed by atoms with E-state index in [4.69, 9.17) is 4.52 Å². The zero-order chi connectivity index (χ0) is 20.0. The minimum Gasteiger partial charge on any atom is -0.361 e. The van der Waals surface area contributed by atoms with Gasteiger partial charge in [0.15, 0.2) is 5.96 Å². The van der Waals surface area contributed by atoms with Gasteiger partial charge in [0.05, 0.1) is 17.8 Å². The van der Waals surface area contributed by atoms with E-state index in [9.17, 15) is 13.2 Å². The molecular formula is C19H26F3IN4O. The molecule has 1 unspecified atom stereocenters. The summed E-state index contributed by atoms with van der Waals surface area (Å²) in [5, 5.41) is 10.4. The lowest BCUT2D eigenvalue weighted by Crippen LogP contribution is -2.39. The van der Waals surface area contributed by atoms with E-state index in [0.29, 0.717) is 24.6 Å². The Bertz CT molecular complexity index is 753. The van der Waals surface area contributed by atoms with Crippen molar-refractivity contribution in [2.75, 3.05) is 13.1 Å². The molecule has 1 heterocycles. The number of aromatic nitrogens is 1. The monoisotopic (exact) mass is 510 g/mol. The smallest absolute Gasteiger partial charge is 0.361 e. The van der Waals surface area contributed by atoms with Crippen LogP contribution in [-0.4, -0.2) is 24.2 Å². The molecule has 9 heteroatoms. The van der Waals surface area contributed by atoms with E-state index in [1.807, 2.05) is 20.8 Å². The molecule has 0 fully saturated rings. The number of alkyl halides is 3. The van der Waals surface area contributed by atoms with Gasteiger partial charge in [-0.15, -0.1) is 24.0 Å². The van der Waals surface area contributed by atoms with Gasteiger partial charge in [0.2, 0.25) is 0 Å². The fraction of sp³-hybridized carbons (Fsp3) is 0.474. The van der Waals surface area contributed by atoms with Crippen molar-refractivity contribution in [1.82, 2.24) is 15.8 Å². The van der Waals surface area contributed by atoms with Crippen LogP contribution in [0.3, 0.4) is 0 Å². The summed E-state index contributed by atoms with van der Waals surface area (Å²) in [4.78, 5) is 4.45. The molecule has 2 N–H and O–H groups in total. The van der Waals surface area contributed by atoms with Gasteiger partial charge in [0.1, 0.15) is 5.76 Å². The molecule has 156 valence electrons. The normalized spacial score (nSPS) is 13.0. The fourth-order valence-corrected chi connectivity index (χ4v) is 2.86. The van der Waals surface area contributed by atoms with Gasteiger partial charge >= 0.3 is 6.18 Å². The Hall–Kier alpha value is -1.78. The molecule has 2 rings (SSSR count). The van der Waals surface area contributed by atoms with Gasteiger partial charge in [0, 0.05) is 24.6 Å². The van der Waals surface area contributed by atoms with Crippen LogP contribution in [0.5, 0.6) is 0 Å². The zero-order valence-electron chi connectivity index (χ0n) is 16.4. The Labute approximate surface area is 180 Å². The van der Waals surface area contributed by atoms with Crippen molar-refractivity contribution in [3.8, 4) is 0 Å². The maximum absolute atomic E-state index is 12.6. The van der Waals surface area contributed by atoms with Crippen LogP contribution in [0.1, 0.15) is 47.9 Å². The average molecular weight is 510 g/mol. The van der Waals surface area contributed by atoms with Crippen LogP contribution >= 0.6 is 24.0 Å². The second-order valence-corrected chi connectivity index (χ2v) is 6.41. The molecule has 1 aromatic heterocycles. The summed E-state index contributed by atoms with van der Waals surface area (Å²) in [7, 11) is 0. The van der Waals surface area contributed by atoms with Gasteiger partial charge in [-0.25, -0.2) is 4.99 Å². The summed E-state index contributed by atoms with van der Waals surface area (Å²) in [5.41, 5.74) is 1.99. The quantitative estimate of drug-likeness (QED) is 0.334. The third-order valence-corrected chi connectivity index (χ3v) is 4.20. The number of benzene rings is 1. The van der Waals surface area contributed by atoms with Crippen LogP contribution in [0.15, 0.2) is 33.8 Å². The summed E-state index contributed by atoms with van der Waals surface area (Å²) in [6, 6.07) is 5.04. The minimum atomic E-state index is -4.33. The lowest BCUT2D eigenvalue weighted by atomic mass is 10.00. The molecule has 0 aliphatic rings. The Morgan fingerprint density at radius 3 is 2.32 bits per heavy atom. The van der Waals surface area contributed by atoms with Crippen LogP contribution < -0.4 is 10.6 Å². The number of hydrogen-bond donors (Lipinski definition) is 2. The number of aryl methyl sites for hydroxylation is 2. The number of rotatable bonds is 6. The molecule has 0 spiro atoms. The third-order valence-electron chi connectivity index (χ3n) is 4.20. The highest BCUT2D eigenvalue weighted by molar-refractivity contribution is 14.0. The molecule has 2 aromatic rings. The molecule has 0 bridgehead atoms. The number of hydrogen-bond acceptors (Lipinski definition) is 3. The standard InChI is InChI=1S/C19H25F3N4O.HI/c1-5-23-18(24-10-12(2)17-13(3)26-27-14(17)4)25-11-15-6-8-16(9-7-15)19(20,21)22;/h6-9,12H,5,10-11H2,1-4H3,(H2,23,24,25);1H. The number of nitrogens with one attached hydrogen (secondary N) is 2. The second kappa shape index (κ2) is 10.7. The summed E-state index contributed by atoms with van der Waals surface area (Å²) >= 11 is 0. The Morgan fingerprint density at radius 2 is 1.82 bits per heavy atom. The van der Waals surface area contributed by atoms with E-state index in [1.54, 1.807) is 0 Å². The average Bonchev–Trinajstić information content (AvgIpc) is 2.95. The first kappa shape index (κ1) is 24.3. The van der Waals surface area contributed by atoms with Crippen molar-refractivity contribution in [3.63, 3.8) is 0 Å². The van der Waals surface area contributed by atoms with Gasteiger partial charge in [0.25, 0.3) is 0 Å². The molecule has 0 aliphatic heterocycles. The van der Waals surface area contributed by atoms with Gasteiger partial charge < -0.3 is 15.2 Å². The summed E-state index contributed by atoms with van der Waals surface area (Å²) < 4.78 is 43.1. The van der Waals surface area contributed by atoms with E-state index < -0.39 is 11.7 Å². The Kier molecular flexibility index (Phi) is 9.25. The van der Waals surface area contributed by atoms with Crippen molar-refractivity contribution in [2.24, 2.45) is 4.99 Å². The first-order chi connectivity index (χ1) is 12.7. The van der Waals surface area contributed by atoms with Crippen LogP contribution in [0.2, 0.25) is 0 Å². The molecule has 28 heavy (non-hydrogen) atoms. The predicted octanol–water partition coefficient (Wildman–Crippen LogP) is 4.79. The zero-order valence-corrected chi connectivity index (χ0v) is 18.7. The SMILES string of the molecule is CCNC(=NCc1ccc(C(F)(F)F)cc1)NCC(C)c1c(C)noc1C.I. The largest absolute Gasteiger partial charge is 0.416 e. The lowest BCUT2D eigenvalue weighted by molar-refractivity contribution is -0.137. The van der Waals surface area contributed by atoms with Crippen LogP contribution in [0.25, 0.3) is 0 Å². The second-order valence-electron chi connectivity index (χ2n) is 6.41. The van der Waals surface area contributed by atoms with E-state index in [2.05, 4.69) is 27.7 Å². The molecular weight excluding hydrogens is 484 g/mol. The minimum absolute atomic E-state index is 0. The number of guanidine groups is 1. The van der Waals surface area contributed by atoms with Crippen molar-refractivity contribution >= 4 is 29.9 Å². The molecule has 0 amide bonds. The summed E-state index contributed by atoms with van der Waals surface area (Å²) in [6.07, 6.45) is -4.33. The number of aliphatic imine (C=N–C) groups is 1. The van der Waals surface area contributed by atoms with E-state index in [0.717, 1.165) is 29.2 Å². The van der Waals surface area contributed by atoms with Crippen molar-refractivity contribution in [1.29, 1.82) is 0 Å². The molecule has 0 saturated carbocycles. The van der Waals surface area contributed by atoms with Gasteiger partial charge in [-0.3, -0.25) is 0 Å². The van der Waals surface area contributed by atoms with Crippen LogP contribution in [0.4, 0.5) is 13.2 Å². The van der Waals surface area contributed by atoms with Gasteiger partial charge in [-0.05, 0) is 38.5 Å². The fourth-order valence-electron chi connectivity index (χ4n) is 2.86. The first-order valence-electron chi connectivity index (χ1n) is 8.83. The van der Waals surface area contributed by atoms with Crippen LogP contribution in [-0.2, 0) is 12.7 Å². The molecule has 1 atom stereocenters.